The molecule has 0 fully saturated rings. The van der Waals surface area contributed by atoms with Gasteiger partial charge in [-0.15, -0.1) is 22.7 Å². The number of fused-ring (bicyclic) bond motifs is 1. The number of nitrogens with one attached hydrogen (secondary N) is 1. The molecular formula is C14H12BrNS2. The second kappa shape index (κ2) is 5.13. The van der Waals surface area contributed by atoms with E-state index in [-0.39, 0.29) is 6.04 Å². The summed E-state index contributed by atoms with van der Waals surface area (Å²) in [5.41, 5.74) is 2.68. The van der Waals surface area contributed by atoms with Gasteiger partial charge in [0.2, 0.25) is 0 Å². The van der Waals surface area contributed by atoms with E-state index in [1.54, 1.807) is 11.3 Å². The Kier molecular flexibility index (Phi) is 3.52. The Balaban J connectivity index is 2.11. The van der Waals surface area contributed by atoms with E-state index in [1.165, 1.54) is 25.0 Å². The van der Waals surface area contributed by atoms with Gasteiger partial charge in [-0.05, 0) is 62.4 Å². The van der Waals surface area contributed by atoms with Crippen molar-refractivity contribution < 1.29 is 0 Å². The van der Waals surface area contributed by atoms with Crippen molar-refractivity contribution in [3.05, 3.63) is 56.0 Å². The average molecular weight is 338 g/mol. The maximum atomic E-state index is 3.54. The van der Waals surface area contributed by atoms with Crippen LogP contribution in [0.1, 0.15) is 17.2 Å². The molecule has 0 aliphatic rings. The van der Waals surface area contributed by atoms with Crippen LogP contribution in [-0.4, -0.2) is 7.05 Å². The Morgan fingerprint density at radius 3 is 2.72 bits per heavy atom. The van der Waals surface area contributed by atoms with Crippen molar-refractivity contribution in [2.24, 2.45) is 0 Å². The minimum atomic E-state index is 0.267. The molecule has 1 aromatic carbocycles. The normalized spacial score (nSPS) is 13.0. The molecule has 0 radical (unpaired) electrons. The molecule has 1 unspecified atom stereocenters. The molecule has 4 heteroatoms. The zero-order valence-corrected chi connectivity index (χ0v) is 13.0. The summed E-state index contributed by atoms with van der Waals surface area (Å²) in [7, 11) is 2.02. The Bertz CT molecular complexity index is 671. The van der Waals surface area contributed by atoms with Crippen LogP contribution in [0, 0.1) is 0 Å². The standard InChI is InChI=1S/C14H12BrNS2/c1-16-14(9-6-13(15)18-7-9)11-8-17-12-5-3-2-4-10(11)12/h2-8,14,16H,1H3. The highest BCUT2D eigenvalue weighted by atomic mass is 79.9. The van der Waals surface area contributed by atoms with Gasteiger partial charge >= 0.3 is 0 Å². The quantitative estimate of drug-likeness (QED) is 0.706. The van der Waals surface area contributed by atoms with Crippen molar-refractivity contribution in [3.8, 4) is 0 Å². The fourth-order valence-corrected chi connectivity index (χ4v) is 4.39. The molecule has 1 nitrogen and oxygen atoms in total. The summed E-state index contributed by atoms with van der Waals surface area (Å²) < 4.78 is 2.53. The summed E-state index contributed by atoms with van der Waals surface area (Å²) in [5.74, 6) is 0. The largest absolute Gasteiger partial charge is 0.309 e. The molecule has 92 valence electrons. The molecule has 1 N–H and O–H groups in total. The van der Waals surface area contributed by atoms with Crippen molar-refractivity contribution in [2.45, 2.75) is 6.04 Å². The SMILES string of the molecule is CNC(c1csc(Br)c1)c1csc2ccccc12. The first-order valence-corrected chi connectivity index (χ1v) is 8.22. The molecule has 3 rings (SSSR count). The molecule has 1 atom stereocenters. The molecule has 0 saturated heterocycles. The summed E-state index contributed by atoms with van der Waals surface area (Å²) in [6, 6.07) is 11.0. The van der Waals surface area contributed by atoms with Gasteiger partial charge in [-0.25, -0.2) is 0 Å². The Morgan fingerprint density at radius 1 is 1.17 bits per heavy atom. The number of rotatable bonds is 3. The summed E-state index contributed by atoms with van der Waals surface area (Å²) in [5, 5.41) is 9.24. The van der Waals surface area contributed by atoms with Crippen LogP contribution in [0.2, 0.25) is 0 Å². The fourth-order valence-electron chi connectivity index (χ4n) is 2.20. The van der Waals surface area contributed by atoms with Gasteiger partial charge in [-0.1, -0.05) is 18.2 Å². The van der Waals surface area contributed by atoms with Crippen LogP contribution in [0.4, 0.5) is 0 Å². The Labute approximate surface area is 123 Å². The van der Waals surface area contributed by atoms with Crippen molar-refractivity contribution in [1.29, 1.82) is 0 Å². The van der Waals surface area contributed by atoms with Crippen LogP contribution in [0.25, 0.3) is 10.1 Å². The van der Waals surface area contributed by atoms with E-state index in [0.717, 1.165) is 0 Å². The molecule has 18 heavy (non-hydrogen) atoms. The molecule has 2 aromatic heterocycles. The van der Waals surface area contributed by atoms with Gasteiger partial charge in [-0.2, -0.15) is 0 Å². The van der Waals surface area contributed by atoms with E-state index in [0.29, 0.717) is 0 Å². The van der Waals surface area contributed by atoms with E-state index in [1.807, 2.05) is 18.4 Å². The summed E-state index contributed by atoms with van der Waals surface area (Å²) in [4.78, 5) is 0. The molecule has 0 bridgehead atoms. The maximum absolute atomic E-state index is 3.54. The van der Waals surface area contributed by atoms with E-state index < -0.39 is 0 Å². The lowest BCUT2D eigenvalue weighted by Gasteiger charge is -2.14. The topological polar surface area (TPSA) is 12.0 Å². The number of thiophene rings is 2. The fraction of sp³-hybridized carbons (Fsp3) is 0.143. The van der Waals surface area contributed by atoms with Gasteiger partial charge in [0.1, 0.15) is 0 Å². The van der Waals surface area contributed by atoms with Gasteiger partial charge in [0, 0.05) is 4.70 Å². The molecule has 0 aliphatic carbocycles. The van der Waals surface area contributed by atoms with Gasteiger partial charge in [0.05, 0.1) is 9.83 Å². The van der Waals surface area contributed by atoms with E-state index in [4.69, 9.17) is 0 Å². The van der Waals surface area contributed by atoms with Gasteiger partial charge in [0.25, 0.3) is 0 Å². The zero-order valence-electron chi connectivity index (χ0n) is 9.81. The molecule has 0 spiro atoms. The molecule has 0 amide bonds. The van der Waals surface area contributed by atoms with Crippen molar-refractivity contribution in [2.75, 3.05) is 7.05 Å². The molecule has 0 aliphatic heterocycles. The van der Waals surface area contributed by atoms with Crippen molar-refractivity contribution in [1.82, 2.24) is 5.32 Å². The first-order chi connectivity index (χ1) is 8.79. The lowest BCUT2D eigenvalue weighted by atomic mass is 10.0. The molecule has 3 aromatic rings. The highest BCUT2D eigenvalue weighted by Crippen LogP contribution is 2.35. The second-order valence-electron chi connectivity index (χ2n) is 4.09. The average Bonchev–Trinajstić information content (AvgIpc) is 2.98. The lowest BCUT2D eigenvalue weighted by Crippen LogP contribution is -2.16. The van der Waals surface area contributed by atoms with E-state index >= 15 is 0 Å². The molecule has 2 heterocycles. The maximum Gasteiger partial charge on any atom is 0.0701 e. The predicted octanol–water partition coefficient (Wildman–Crippen LogP) is 5.03. The Morgan fingerprint density at radius 2 is 2.00 bits per heavy atom. The third-order valence-electron chi connectivity index (χ3n) is 3.03. The van der Waals surface area contributed by atoms with E-state index in [2.05, 4.69) is 62.3 Å². The van der Waals surface area contributed by atoms with Gasteiger partial charge in [-0.3, -0.25) is 0 Å². The third-order valence-corrected chi connectivity index (χ3v) is 5.54. The van der Waals surface area contributed by atoms with Crippen molar-refractivity contribution >= 4 is 48.7 Å². The van der Waals surface area contributed by atoms with Crippen molar-refractivity contribution in [3.63, 3.8) is 0 Å². The lowest BCUT2D eigenvalue weighted by molar-refractivity contribution is 0.701. The van der Waals surface area contributed by atoms with Gasteiger partial charge in [0.15, 0.2) is 0 Å². The zero-order chi connectivity index (χ0) is 12.5. The van der Waals surface area contributed by atoms with Crippen LogP contribution in [0.15, 0.2) is 44.9 Å². The molecule has 0 saturated carbocycles. The van der Waals surface area contributed by atoms with Crippen LogP contribution in [0.5, 0.6) is 0 Å². The second-order valence-corrected chi connectivity index (χ2v) is 7.29. The molecular weight excluding hydrogens is 326 g/mol. The van der Waals surface area contributed by atoms with Crippen LogP contribution in [0.3, 0.4) is 0 Å². The van der Waals surface area contributed by atoms with E-state index in [9.17, 15) is 0 Å². The van der Waals surface area contributed by atoms with Crippen LogP contribution >= 0.6 is 38.6 Å². The van der Waals surface area contributed by atoms with Gasteiger partial charge < -0.3 is 5.32 Å². The minimum Gasteiger partial charge on any atom is -0.309 e. The smallest absolute Gasteiger partial charge is 0.0701 e. The first kappa shape index (κ1) is 12.4. The number of benzene rings is 1. The van der Waals surface area contributed by atoms with Crippen LogP contribution in [-0.2, 0) is 0 Å². The number of halogens is 1. The summed E-state index contributed by atoms with van der Waals surface area (Å²) in [6.45, 7) is 0. The summed E-state index contributed by atoms with van der Waals surface area (Å²) in [6.07, 6.45) is 0. The number of hydrogen-bond acceptors (Lipinski definition) is 3. The third kappa shape index (κ3) is 2.14. The first-order valence-electron chi connectivity index (χ1n) is 5.67. The predicted molar refractivity (Wildman–Crippen MR) is 84.7 cm³/mol. The highest BCUT2D eigenvalue weighted by molar-refractivity contribution is 9.11. The highest BCUT2D eigenvalue weighted by Gasteiger charge is 2.17. The number of hydrogen-bond donors (Lipinski definition) is 1. The monoisotopic (exact) mass is 337 g/mol. The summed E-state index contributed by atoms with van der Waals surface area (Å²) >= 11 is 7.08. The Hall–Kier alpha value is -0.680. The minimum absolute atomic E-state index is 0.267. The van der Waals surface area contributed by atoms with Crippen LogP contribution < -0.4 is 5.32 Å².